The van der Waals surface area contributed by atoms with Crippen LogP contribution in [0.4, 0.5) is 0 Å². The summed E-state index contributed by atoms with van der Waals surface area (Å²) < 4.78 is 10.1. The zero-order valence-corrected chi connectivity index (χ0v) is 7.69. The Bertz CT molecular complexity index is 182. The lowest BCUT2D eigenvalue weighted by atomic mass is 10.0. The molecule has 2 unspecified atom stereocenters. The van der Waals surface area contributed by atoms with Gasteiger partial charge in [-0.05, 0) is 12.8 Å². The van der Waals surface area contributed by atoms with Crippen molar-refractivity contribution < 1.29 is 19.1 Å². The van der Waals surface area contributed by atoms with Crippen molar-refractivity contribution >= 4 is 12.3 Å². The Morgan fingerprint density at radius 2 is 2.38 bits per heavy atom. The molecule has 74 valence electrons. The fraction of sp³-hybridized carbons (Fsp3) is 0.778. The third-order valence-electron chi connectivity index (χ3n) is 2.07. The van der Waals surface area contributed by atoms with E-state index in [9.17, 15) is 9.59 Å². The second kappa shape index (κ2) is 4.97. The highest BCUT2D eigenvalue weighted by Crippen LogP contribution is 2.17. The molecule has 0 aromatic heterocycles. The Balaban J connectivity index is 2.17. The maximum absolute atomic E-state index is 10.5. The summed E-state index contributed by atoms with van der Waals surface area (Å²) >= 11 is 0. The molecule has 0 aromatic carbocycles. The molecule has 1 heterocycles. The van der Waals surface area contributed by atoms with E-state index in [4.69, 9.17) is 9.47 Å². The summed E-state index contributed by atoms with van der Waals surface area (Å²) in [5.41, 5.74) is 0. The van der Waals surface area contributed by atoms with Crippen molar-refractivity contribution in [1.82, 2.24) is 0 Å². The maximum atomic E-state index is 10.5. The van der Waals surface area contributed by atoms with E-state index < -0.39 is 0 Å². The molecule has 0 N–H and O–H groups in total. The van der Waals surface area contributed by atoms with Crippen molar-refractivity contribution in [3.8, 4) is 0 Å². The molecular formula is C9H14O4. The highest BCUT2D eigenvalue weighted by Gasteiger charge is 2.21. The SMILES string of the molecule is CC(=O)OCC1CCC(C=O)CO1. The minimum Gasteiger partial charge on any atom is -0.463 e. The van der Waals surface area contributed by atoms with Crippen LogP contribution >= 0.6 is 0 Å². The van der Waals surface area contributed by atoms with Crippen LogP contribution in [0.3, 0.4) is 0 Å². The molecule has 13 heavy (non-hydrogen) atoms. The van der Waals surface area contributed by atoms with Crippen molar-refractivity contribution in [2.75, 3.05) is 13.2 Å². The molecule has 1 aliphatic rings. The second-order valence-electron chi connectivity index (χ2n) is 3.23. The van der Waals surface area contributed by atoms with E-state index in [1.54, 1.807) is 0 Å². The van der Waals surface area contributed by atoms with Crippen LogP contribution in [0.1, 0.15) is 19.8 Å². The zero-order chi connectivity index (χ0) is 9.68. The van der Waals surface area contributed by atoms with Gasteiger partial charge in [-0.15, -0.1) is 0 Å². The van der Waals surface area contributed by atoms with Crippen LogP contribution in [0.15, 0.2) is 0 Å². The fourth-order valence-electron chi connectivity index (χ4n) is 1.28. The molecule has 0 spiro atoms. The smallest absolute Gasteiger partial charge is 0.302 e. The average molecular weight is 186 g/mol. The lowest BCUT2D eigenvalue weighted by molar-refractivity contribution is -0.148. The van der Waals surface area contributed by atoms with Crippen molar-refractivity contribution in [2.24, 2.45) is 5.92 Å². The lowest BCUT2D eigenvalue weighted by Crippen LogP contribution is -2.30. The van der Waals surface area contributed by atoms with Gasteiger partial charge in [0.1, 0.15) is 12.9 Å². The van der Waals surface area contributed by atoms with Gasteiger partial charge in [0.05, 0.1) is 12.7 Å². The van der Waals surface area contributed by atoms with Crippen LogP contribution in [-0.4, -0.2) is 31.6 Å². The normalized spacial score (nSPS) is 28.1. The van der Waals surface area contributed by atoms with E-state index in [0.29, 0.717) is 13.2 Å². The Morgan fingerprint density at radius 1 is 1.62 bits per heavy atom. The zero-order valence-electron chi connectivity index (χ0n) is 7.69. The van der Waals surface area contributed by atoms with Crippen molar-refractivity contribution in [3.05, 3.63) is 0 Å². The number of aldehydes is 1. The van der Waals surface area contributed by atoms with Gasteiger partial charge in [-0.1, -0.05) is 0 Å². The number of hydrogen-bond donors (Lipinski definition) is 0. The molecule has 0 aliphatic carbocycles. The first-order valence-corrected chi connectivity index (χ1v) is 4.42. The van der Waals surface area contributed by atoms with Gasteiger partial charge in [-0.25, -0.2) is 0 Å². The summed E-state index contributed by atoms with van der Waals surface area (Å²) in [6, 6.07) is 0. The molecule has 0 bridgehead atoms. The molecular weight excluding hydrogens is 172 g/mol. The number of hydrogen-bond acceptors (Lipinski definition) is 4. The van der Waals surface area contributed by atoms with Gasteiger partial charge in [-0.2, -0.15) is 0 Å². The summed E-state index contributed by atoms with van der Waals surface area (Å²) in [5, 5.41) is 0. The topological polar surface area (TPSA) is 52.6 Å². The number of esters is 1. The third-order valence-corrected chi connectivity index (χ3v) is 2.07. The van der Waals surface area contributed by atoms with Gasteiger partial charge in [0.2, 0.25) is 0 Å². The maximum Gasteiger partial charge on any atom is 0.302 e. The predicted octanol–water partition coefficient (Wildman–Crippen LogP) is 0.544. The summed E-state index contributed by atoms with van der Waals surface area (Å²) in [6.07, 6.45) is 2.51. The van der Waals surface area contributed by atoms with Gasteiger partial charge in [0, 0.05) is 12.8 Å². The van der Waals surface area contributed by atoms with E-state index >= 15 is 0 Å². The van der Waals surface area contributed by atoms with Crippen LogP contribution < -0.4 is 0 Å². The van der Waals surface area contributed by atoms with E-state index in [1.807, 2.05) is 0 Å². The molecule has 0 radical (unpaired) electrons. The molecule has 1 aliphatic heterocycles. The van der Waals surface area contributed by atoms with Crippen molar-refractivity contribution in [3.63, 3.8) is 0 Å². The molecule has 1 rings (SSSR count). The van der Waals surface area contributed by atoms with Gasteiger partial charge in [0.15, 0.2) is 0 Å². The largest absolute Gasteiger partial charge is 0.463 e. The number of carbonyl (C=O) groups excluding carboxylic acids is 2. The van der Waals surface area contributed by atoms with Crippen LogP contribution in [0.25, 0.3) is 0 Å². The van der Waals surface area contributed by atoms with Crippen LogP contribution in [0, 0.1) is 5.92 Å². The van der Waals surface area contributed by atoms with E-state index in [2.05, 4.69) is 0 Å². The first-order chi connectivity index (χ1) is 6.22. The van der Waals surface area contributed by atoms with E-state index in [0.717, 1.165) is 19.1 Å². The Hall–Kier alpha value is -0.900. The predicted molar refractivity (Wildman–Crippen MR) is 45.2 cm³/mol. The first-order valence-electron chi connectivity index (χ1n) is 4.42. The highest BCUT2D eigenvalue weighted by atomic mass is 16.6. The Labute approximate surface area is 77.2 Å². The molecule has 2 atom stereocenters. The average Bonchev–Trinajstić information content (AvgIpc) is 2.15. The number of rotatable bonds is 3. The van der Waals surface area contributed by atoms with Crippen LogP contribution in [0.2, 0.25) is 0 Å². The summed E-state index contributed by atoms with van der Waals surface area (Å²) in [7, 11) is 0. The molecule has 0 saturated carbocycles. The summed E-state index contributed by atoms with van der Waals surface area (Å²) in [5.74, 6) is -0.269. The Morgan fingerprint density at radius 3 is 2.85 bits per heavy atom. The molecule has 4 nitrogen and oxygen atoms in total. The minimum atomic E-state index is -0.291. The summed E-state index contributed by atoms with van der Waals surface area (Å²) in [4.78, 5) is 20.8. The molecule has 4 heteroatoms. The molecule has 0 amide bonds. The molecule has 1 fully saturated rings. The summed E-state index contributed by atoms with van der Waals surface area (Å²) in [6.45, 7) is 2.13. The Kier molecular flexibility index (Phi) is 3.89. The monoisotopic (exact) mass is 186 g/mol. The fourth-order valence-corrected chi connectivity index (χ4v) is 1.28. The highest BCUT2D eigenvalue weighted by molar-refractivity contribution is 5.65. The van der Waals surface area contributed by atoms with Gasteiger partial charge >= 0.3 is 5.97 Å². The second-order valence-corrected chi connectivity index (χ2v) is 3.23. The van der Waals surface area contributed by atoms with Crippen LogP contribution in [-0.2, 0) is 19.1 Å². The molecule has 0 aromatic rings. The van der Waals surface area contributed by atoms with Gasteiger partial charge in [-0.3, -0.25) is 4.79 Å². The van der Waals surface area contributed by atoms with Crippen molar-refractivity contribution in [2.45, 2.75) is 25.9 Å². The standard InChI is InChI=1S/C9H14O4/c1-7(11)12-6-9-3-2-8(4-10)5-13-9/h4,8-9H,2-3,5-6H2,1H3. The number of ether oxygens (including phenoxy) is 2. The minimum absolute atomic E-state index is 0.0218. The van der Waals surface area contributed by atoms with Gasteiger partial charge in [0.25, 0.3) is 0 Å². The quantitative estimate of drug-likeness (QED) is 0.477. The third kappa shape index (κ3) is 3.55. The van der Waals surface area contributed by atoms with Gasteiger partial charge < -0.3 is 14.3 Å². The van der Waals surface area contributed by atoms with E-state index in [1.165, 1.54) is 6.92 Å². The number of carbonyl (C=O) groups is 2. The van der Waals surface area contributed by atoms with Crippen molar-refractivity contribution in [1.29, 1.82) is 0 Å². The van der Waals surface area contributed by atoms with Crippen LogP contribution in [0.5, 0.6) is 0 Å². The first kappa shape index (κ1) is 10.2. The lowest BCUT2D eigenvalue weighted by Gasteiger charge is -2.25. The van der Waals surface area contributed by atoms with E-state index in [-0.39, 0.29) is 18.0 Å². The molecule has 1 saturated heterocycles.